The fourth-order valence-electron chi connectivity index (χ4n) is 1.79. The number of hydrogen-bond acceptors (Lipinski definition) is 5. The molecule has 2 rings (SSSR count). The summed E-state index contributed by atoms with van der Waals surface area (Å²) in [5.74, 6) is -0.905. The van der Waals surface area contributed by atoms with E-state index in [1.165, 1.54) is 22.9 Å². The van der Waals surface area contributed by atoms with Crippen LogP contribution in [0.25, 0.3) is 0 Å². The molecular weight excluding hydrogens is 288 g/mol. The Morgan fingerprint density at radius 2 is 2.29 bits per heavy atom. The van der Waals surface area contributed by atoms with Crippen molar-refractivity contribution in [3.05, 3.63) is 56.6 Å². The molecule has 21 heavy (non-hydrogen) atoms. The Hall–Kier alpha value is -2.39. The van der Waals surface area contributed by atoms with E-state index in [4.69, 9.17) is 10.00 Å². The van der Waals surface area contributed by atoms with Crippen molar-refractivity contribution in [2.75, 3.05) is 6.61 Å². The van der Waals surface area contributed by atoms with E-state index in [1.54, 1.807) is 18.4 Å². The molecule has 0 amide bonds. The molecule has 108 valence electrons. The van der Waals surface area contributed by atoms with Crippen LogP contribution in [0.5, 0.6) is 0 Å². The number of rotatable bonds is 5. The number of pyridine rings is 1. The number of carbonyl (C=O) groups is 1. The van der Waals surface area contributed by atoms with Gasteiger partial charge in [0.25, 0.3) is 0 Å². The van der Waals surface area contributed by atoms with Crippen LogP contribution in [-0.4, -0.2) is 17.1 Å². The third-order valence-electron chi connectivity index (χ3n) is 2.95. The van der Waals surface area contributed by atoms with Crippen molar-refractivity contribution in [2.24, 2.45) is 13.0 Å². The first-order valence-corrected chi connectivity index (χ1v) is 7.24. The quantitative estimate of drug-likeness (QED) is 0.792. The van der Waals surface area contributed by atoms with Crippen molar-refractivity contribution in [1.29, 1.82) is 5.26 Å². The molecule has 0 saturated carbocycles. The van der Waals surface area contributed by atoms with Crippen molar-refractivity contribution in [3.63, 3.8) is 0 Å². The van der Waals surface area contributed by atoms with Crippen molar-refractivity contribution >= 4 is 17.3 Å². The average molecular weight is 302 g/mol. The van der Waals surface area contributed by atoms with Gasteiger partial charge in [0.2, 0.25) is 5.56 Å². The lowest BCUT2D eigenvalue weighted by Crippen LogP contribution is -2.19. The van der Waals surface area contributed by atoms with Crippen LogP contribution in [0.2, 0.25) is 0 Å². The number of aryl methyl sites for hydroxylation is 1. The zero-order chi connectivity index (χ0) is 15.2. The van der Waals surface area contributed by atoms with Crippen LogP contribution in [0.1, 0.15) is 15.2 Å². The molecule has 2 heterocycles. The van der Waals surface area contributed by atoms with Gasteiger partial charge in [-0.15, -0.1) is 11.3 Å². The lowest BCUT2D eigenvalue weighted by Gasteiger charge is -2.09. The highest BCUT2D eigenvalue weighted by atomic mass is 32.1. The summed E-state index contributed by atoms with van der Waals surface area (Å²) in [7, 11) is 1.56. The first-order valence-electron chi connectivity index (χ1n) is 6.36. The third-order valence-corrected chi connectivity index (χ3v) is 3.85. The highest BCUT2D eigenvalue weighted by Crippen LogP contribution is 2.15. The van der Waals surface area contributed by atoms with Crippen molar-refractivity contribution < 1.29 is 9.53 Å². The normalized spacial score (nSPS) is 11.6. The van der Waals surface area contributed by atoms with Gasteiger partial charge in [0.1, 0.15) is 6.61 Å². The summed E-state index contributed by atoms with van der Waals surface area (Å²) >= 11 is 1.57. The van der Waals surface area contributed by atoms with Crippen LogP contribution in [0, 0.1) is 17.2 Å². The molecule has 2 aromatic heterocycles. The maximum absolute atomic E-state index is 11.9. The third kappa shape index (κ3) is 4.04. The van der Waals surface area contributed by atoms with E-state index in [0.29, 0.717) is 12.0 Å². The summed E-state index contributed by atoms with van der Waals surface area (Å²) in [6, 6.07) is 8.74. The van der Waals surface area contributed by atoms with E-state index in [-0.39, 0.29) is 18.1 Å². The predicted octanol–water partition coefficient (Wildman–Crippen LogP) is 1.99. The Morgan fingerprint density at radius 1 is 1.48 bits per heavy atom. The minimum absolute atomic E-state index is 0.0378. The highest BCUT2D eigenvalue weighted by Gasteiger charge is 2.14. The Labute approximate surface area is 126 Å². The van der Waals surface area contributed by atoms with Gasteiger partial charge in [0.05, 0.1) is 17.6 Å². The predicted molar refractivity (Wildman–Crippen MR) is 79.1 cm³/mol. The summed E-state index contributed by atoms with van der Waals surface area (Å²) < 4.78 is 6.46. The van der Waals surface area contributed by atoms with Gasteiger partial charge in [-0.3, -0.25) is 4.79 Å². The molecule has 1 unspecified atom stereocenters. The average Bonchev–Trinajstić information content (AvgIpc) is 2.99. The number of esters is 1. The van der Waals surface area contributed by atoms with E-state index < -0.39 is 5.97 Å². The molecule has 2 aromatic rings. The molecule has 0 spiro atoms. The van der Waals surface area contributed by atoms with Crippen LogP contribution in [0.15, 0.2) is 40.6 Å². The molecule has 0 fully saturated rings. The van der Waals surface area contributed by atoms with E-state index in [2.05, 4.69) is 6.07 Å². The second kappa shape index (κ2) is 6.86. The van der Waals surface area contributed by atoms with Crippen LogP contribution >= 0.6 is 11.3 Å². The second-order valence-corrected chi connectivity index (χ2v) is 5.61. The largest absolute Gasteiger partial charge is 0.461 e. The van der Waals surface area contributed by atoms with Crippen molar-refractivity contribution in [3.8, 4) is 6.07 Å². The minimum atomic E-state index is -0.531. The van der Waals surface area contributed by atoms with Gasteiger partial charge in [0, 0.05) is 30.6 Å². The summed E-state index contributed by atoms with van der Waals surface area (Å²) in [4.78, 5) is 24.2. The zero-order valence-electron chi connectivity index (χ0n) is 11.5. The van der Waals surface area contributed by atoms with Gasteiger partial charge < -0.3 is 9.30 Å². The highest BCUT2D eigenvalue weighted by molar-refractivity contribution is 7.09. The van der Waals surface area contributed by atoms with E-state index in [0.717, 1.165) is 4.88 Å². The molecule has 0 N–H and O–H groups in total. The molecule has 0 aromatic carbocycles. The van der Waals surface area contributed by atoms with Crippen LogP contribution in [0.4, 0.5) is 0 Å². The molecule has 5 nitrogen and oxygen atoms in total. The van der Waals surface area contributed by atoms with Crippen LogP contribution < -0.4 is 5.56 Å². The molecule has 0 saturated heterocycles. The molecule has 0 radical (unpaired) electrons. The Kier molecular flexibility index (Phi) is 4.90. The molecular formula is C15H14N2O3S. The fourth-order valence-corrected chi connectivity index (χ4v) is 2.57. The lowest BCUT2D eigenvalue weighted by molar-refractivity contribution is 0.0467. The molecule has 0 aliphatic carbocycles. The zero-order valence-corrected chi connectivity index (χ0v) is 12.3. The molecule has 0 aliphatic rings. The smallest absolute Gasteiger partial charge is 0.339 e. The number of aromatic nitrogens is 1. The van der Waals surface area contributed by atoms with Gasteiger partial charge in [0.15, 0.2) is 0 Å². The number of nitriles is 1. The summed E-state index contributed by atoms with van der Waals surface area (Å²) in [5.41, 5.74) is 0.101. The van der Waals surface area contributed by atoms with Crippen molar-refractivity contribution in [2.45, 2.75) is 6.42 Å². The van der Waals surface area contributed by atoms with Gasteiger partial charge in [-0.25, -0.2) is 4.79 Å². The first kappa shape index (κ1) is 15.0. The molecule has 6 heteroatoms. The molecule has 0 aliphatic heterocycles. The minimum Gasteiger partial charge on any atom is -0.461 e. The van der Waals surface area contributed by atoms with Gasteiger partial charge in [-0.1, -0.05) is 6.07 Å². The number of carbonyl (C=O) groups excluding carboxylic acids is 1. The summed E-state index contributed by atoms with van der Waals surface area (Å²) in [5, 5.41) is 11.1. The van der Waals surface area contributed by atoms with Gasteiger partial charge in [-0.2, -0.15) is 5.26 Å². The number of ether oxygens (including phenoxy) is 1. The monoisotopic (exact) mass is 302 g/mol. The van der Waals surface area contributed by atoms with Crippen LogP contribution in [0.3, 0.4) is 0 Å². The van der Waals surface area contributed by atoms with Crippen molar-refractivity contribution in [1.82, 2.24) is 4.57 Å². The van der Waals surface area contributed by atoms with Gasteiger partial charge in [-0.05, 0) is 17.5 Å². The van der Waals surface area contributed by atoms with E-state index in [1.807, 2.05) is 17.5 Å². The Bertz CT molecular complexity index is 713. The Balaban J connectivity index is 1.94. The lowest BCUT2D eigenvalue weighted by atomic mass is 10.1. The molecule has 1 atom stereocenters. The number of hydrogen-bond donors (Lipinski definition) is 0. The Morgan fingerprint density at radius 3 is 2.90 bits per heavy atom. The first-order chi connectivity index (χ1) is 10.1. The maximum atomic E-state index is 11.9. The van der Waals surface area contributed by atoms with E-state index in [9.17, 15) is 9.59 Å². The second-order valence-electron chi connectivity index (χ2n) is 4.57. The number of nitrogens with zero attached hydrogens (tertiary/aromatic N) is 2. The standard InChI is InChI=1S/C15H14N2O3S/c1-17-9-12(4-5-14(17)18)15(19)20-10-11(8-16)7-13-3-2-6-21-13/h2-6,9,11H,7,10H2,1H3. The summed E-state index contributed by atoms with van der Waals surface area (Å²) in [6.07, 6.45) is 1.99. The number of thiophene rings is 1. The topological polar surface area (TPSA) is 72.1 Å². The molecule has 0 bridgehead atoms. The van der Waals surface area contributed by atoms with Crippen LogP contribution in [-0.2, 0) is 18.2 Å². The summed E-state index contributed by atoms with van der Waals surface area (Å²) in [6.45, 7) is 0.0378. The fraction of sp³-hybridized carbons (Fsp3) is 0.267. The van der Waals surface area contributed by atoms with E-state index >= 15 is 0 Å². The maximum Gasteiger partial charge on any atom is 0.339 e. The van der Waals surface area contributed by atoms with Gasteiger partial charge >= 0.3 is 5.97 Å². The SMILES string of the molecule is Cn1cc(C(=O)OCC(C#N)Cc2cccs2)ccc1=O.